The summed E-state index contributed by atoms with van der Waals surface area (Å²) in [5, 5.41) is 14.5. The second-order valence-corrected chi connectivity index (χ2v) is 5.02. The number of anilines is 1. The predicted molar refractivity (Wildman–Crippen MR) is 82.8 cm³/mol. The highest BCUT2D eigenvalue weighted by atomic mass is 16.4. The van der Waals surface area contributed by atoms with Gasteiger partial charge in [0.05, 0.1) is 0 Å². The lowest BCUT2D eigenvalue weighted by atomic mass is 10.1. The average Bonchev–Trinajstić information content (AvgIpc) is 2.50. The van der Waals surface area contributed by atoms with E-state index in [0.717, 1.165) is 5.69 Å². The van der Waals surface area contributed by atoms with E-state index in [-0.39, 0.29) is 18.7 Å². The third kappa shape index (κ3) is 5.08. The first-order valence-electron chi connectivity index (χ1n) is 6.86. The van der Waals surface area contributed by atoms with Crippen LogP contribution in [0.5, 0.6) is 0 Å². The maximum Gasteiger partial charge on any atom is 0.326 e. The zero-order valence-corrected chi connectivity index (χ0v) is 12.9. The third-order valence-corrected chi connectivity index (χ3v) is 3.18. The van der Waals surface area contributed by atoms with Gasteiger partial charge in [-0.3, -0.25) is 9.59 Å². The van der Waals surface area contributed by atoms with Crippen molar-refractivity contribution in [1.82, 2.24) is 10.2 Å². The zero-order valence-electron chi connectivity index (χ0n) is 12.9. The number of rotatable bonds is 7. The van der Waals surface area contributed by atoms with Gasteiger partial charge in [0.15, 0.2) is 0 Å². The summed E-state index contributed by atoms with van der Waals surface area (Å²) < 4.78 is 0. The number of benzene rings is 1. The van der Waals surface area contributed by atoms with Crippen LogP contribution in [0.25, 0.3) is 0 Å². The highest BCUT2D eigenvalue weighted by Crippen LogP contribution is 2.09. The minimum atomic E-state index is -1.16. The van der Waals surface area contributed by atoms with Crippen LogP contribution < -0.4 is 10.6 Å². The molecule has 2 amide bonds. The molecule has 0 aromatic heterocycles. The van der Waals surface area contributed by atoms with E-state index in [1.807, 2.05) is 0 Å². The molecule has 0 unspecified atom stereocenters. The van der Waals surface area contributed by atoms with Crippen LogP contribution in [0.15, 0.2) is 24.3 Å². The van der Waals surface area contributed by atoms with E-state index in [1.165, 1.54) is 4.90 Å². The lowest BCUT2D eigenvalue weighted by Gasteiger charge is -2.16. The van der Waals surface area contributed by atoms with E-state index in [9.17, 15) is 14.4 Å². The maximum absolute atomic E-state index is 12.0. The zero-order chi connectivity index (χ0) is 16.7. The van der Waals surface area contributed by atoms with Gasteiger partial charge in [0.25, 0.3) is 5.91 Å². The number of aliphatic carboxylic acids is 1. The summed E-state index contributed by atoms with van der Waals surface area (Å²) in [4.78, 5) is 36.1. The number of carbonyl (C=O) groups excluding carboxylic acids is 2. The highest BCUT2D eigenvalue weighted by molar-refractivity contribution is 5.97. The Morgan fingerprint density at radius 3 is 2.23 bits per heavy atom. The van der Waals surface area contributed by atoms with Gasteiger partial charge in [-0.1, -0.05) is 0 Å². The molecule has 0 bridgehead atoms. The first-order valence-corrected chi connectivity index (χ1v) is 6.86. The van der Waals surface area contributed by atoms with Crippen molar-refractivity contribution in [2.75, 3.05) is 26.5 Å². The molecule has 0 fully saturated rings. The topological polar surface area (TPSA) is 98.7 Å². The summed E-state index contributed by atoms with van der Waals surface area (Å²) in [7, 11) is 4.96. The SMILES string of the molecule is CNc1ccc(C(=O)N[C@@H](CCC(=O)N(C)C)C(=O)O)cc1. The van der Waals surface area contributed by atoms with E-state index >= 15 is 0 Å². The molecule has 120 valence electrons. The molecule has 0 heterocycles. The molecular formula is C15H21N3O4. The van der Waals surface area contributed by atoms with Crippen molar-refractivity contribution in [2.45, 2.75) is 18.9 Å². The number of carboxylic acid groups (broad SMARTS) is 1. The summed E-state index contributed by atoms with van der Waals surface area (Å²) in [6, 6.07) is 5.55. The highest BCUT2D eigenvalue weighted by Gasteiger charge is 2.22. The molecule has 0 spiro atoms. The second-order valence-electron chi connectivity index (χ2n) is 5.02. The van der Waals surface area contributed by atoms with Crippen LogP contribution in [0.4, 0.5) is 5.69 Å². The molecule has 1 atom stereocenters. The Labute approximate surface area is 129 Å². The summed E-state index contributed by atoms with van der Waals surface area (Å²) in [6.07, 6.45) is 0.107. The molecule has 3 N–H and O–H groups in total. The fourth-order valence-electron chi connectivity index (χ4n) is 1.78. The Bertz CT molecular complexity index is 540. The normalized spacial score (nSPS) is 11.4. The third-order valence-electron chi connectivity index (χ3n) is 3.18. The molecular weight excluding hydrogens is 286 g/mol. The molecule has 0 saturated carbocycles. The Balaban J connectivity index is 2.67. The summed E-state index contributed by atoms with van der Waals surface area (Å²) in [6.45, 7) is 0. The molecule has 7 nitrogen and oxygen atoms in total. The van der Waals surface area contributed by atoms with Crippen LogP contribution in [-0.2, 0) is 9.59 Å². The lowest BCUT2D eigenvalue weighted by Crippen LogP contribution is -2.41. The van der Waals surface area contributed by atoms with Crippen molar-refractivity contribution in [2.24, 2.45) is 0 Å². The van der Waals surface area contributed by atoms with E-state index in [2.05, 4.69) is 10.6 Å². The Hall–Kier alpha value is -2.57. The molecule has 0 aliphatic heterocycles. The number of amides is 2. The average molecular weight is 307 g/mol. The van der Waals surface area contributed by atoms with Crippen molar-refractivity contribution in [1.29, 1.82) is 0 Å². The molecule has 1 aromatic rings. The molecule has 0 aliphatic rings. The molecule has 0 aliphatic carbocycles. The van der Waals surface area contributed by atoms with Gasteiger partial charge < -0.3 is 20.6 Å². The lowest BCUT2D eigenvalue weighted by molar-refractivity contribution is -0.139. The van der Waals surface area contributed by atoms with Crippen LogP contribution >= 0.6 is 0 Å². The van der Waals surface area contributed by atoms with E-state index in [4.69, 9.17) is 5.11 Å². The van der Waals surface area contributed by atoms with Crippen LogP contribution in [0.1, 0.15) is 23.2 Å². The van der Waals surface area contributed by atoms with E-state index in [0.29, 0.717) is 5.56 Å². The predicted octanol–water partition coefficient (Wildman–Crippen LogP) is 0.780. The van der Waals surface area contributed by atoms with Crippen LogP contribution in [0.2, 0.25) is 0 Å². The molecule has 1 aromatic carbocycles. The van der Waals surface area contributed by atoms with Gasteiger partial charge in [0.1, 0.15) is 6.04 Å². The number of nitrogens with zero attached hydrogens (tertiary/aromatic N) is 1. The summed E-state index contributed by atoms with van der Waals surface area (Å²) >= 11 is 0. The monoisotopic (exact) mass is 307 g/mol. The van der Waals surface area contributed by atoms with Gasteiger partial charge >= 0.3 is 5.97 Å². The molecule has 1 rings (SSSR count). The first kappa shape index (κ1) is 17.5. The van der Waals surface area contributed by atoms with Crippen molar-refractivity contribution < 1.29 is 19.5 Å². The van der Waals surface area contributed by atoms with Gasteiger partial charge in [-0.2, -0.15) is 0 Å². The summed E-state index contributed by atoms with van der Waals surface area (Å²) in [5.74, 6) is -1.82. The number of hydrogen-bond donors (Lipinski definition) is 3. The minimum absolute atomic E-state index is 0.0483. The first-order chi connectivity index (χ1) is 10.3. The van der Waals surface area contributed by atoms with E-state index < -0.39 is 17.9 Å². The smallest absolute Gasteiger partial charge is 0.326 e. The molecule has 7 heteroatoms. The van der Waals surface area contributed by atoms with Gasteiger partial charge in [0.2, 0.25) is 5.91 Å². The van der Waals surface area contributed by atoms with Gasteiger partial charge in [0, 0.05) is 38.8 Å². The quantitative estimate of drug-likeness (QED) is 0.691. The number of carboxylic acids is 1. The number of carbonyl (C=O) groups is 3. The standard InChI is InChI=1S/C15H21N3O4/c1-16-11-6-4-10(5-7-11)14(20)17-12(15(21)22)8-9-13(19)18(2)3/h4-7,12,16H,8-9H2,1-3H3,(H,17,20)(H,21,22)/t12-/m0/s1. The number of nitrogens with one attached hydrogen (secondary N) is 2. The van der Waals surface area contributed by atoms with Crippen LogP contribution in [0.3, 0.4) is 0 Å². The molecule has 0 radical (unpaired) electrons. The maximum atomic E-state index is 12.0. The van der Waals surface area contributed by atoms with E-state index in [1.54, 1.807) is 45.4 Å². The van der Waals surface area contributed by atoms with Crippen molar-refractivity contribution in [3.8, 4) is 0 Å². The Morgan fingerprint density at radius 2 is 1.77 bits per heavy atom. The Kier molecular flexibility index (Phi) is 6.37. The second kappa shape index (κ2) is 8.02. The van der Waals surface area contributed by atoms with Crippen molar-refractivity contribution in [3.63, 3.8) is 0 Å². The van der Waals surface area contributed by atoms with Crippen LogP contribution in [-0.4, -0.2) is 55.0 Å². The van der Waals surface area contributed by atoms with Gasteiger partial charge in [-0.05, 0) is 30.7 Å². The summed E-state index contributed by atoms with van der Waals surface area (Å²) in [5.41, 5.74) is 1.21. The number of hydrogen-bond acceptors (Lipinski definition) is 4. The van der Waals surface area contributed by atoms with Gasteiger partial charge in [-0.15, -0.1) is 0 Å². The Morgan fingerprint density at radius 1 is 1.18 bits per heavy atom. The van der Waals surface area contributed by atoms with Gasteiger partial charge in [-0.25, -0.2) is 4.79 Å². The largest absolute Gasteiger partial charge is 0.480 e. The van der Waals surface area contributed by atoms with Crippen LogP contribution in [0, 0.1) is 0 Å². The minimum Gasteiger partial charge on any atom is -0.480 e. The van der Waals surface area contributed by atoms with Crippen molar-refractivity contribution in [3.05, 3.63) is 29.8 Å². The van der Waals surface area contributed by atoms with Crippen molar-refractivity contribution >= 4 is 23.5 Å². The fourth-order valence-corrected chi connectivity index (χ4v) is 1.78. The molecule has 0 saturated heterocycles. The molecule has 22 heavy (non-hydrogen) atoms. The fraction of sp³-hybridized carbons (Fsp3) is 0.400.